The first kappa shape index (κ1) is 24.0. The molecule has 2 fully saturated rings. The predicted octanol–water partition coefficient (Wildman–Crippen LogP) is 6.87. The van der Waals surface area contributed by atoms with E-state index in [0.717, 1.165) is 45.3 Å². The molecule has 3 nitrogen and oxygen atoms in total. The van der Waals surface area contributed by atoms with Crippen LogP contribution in [0.3, 0.4) is 0 Å². The van der Waals surface area contributed by atoms with Crippen LogP contribution in [0.2, 0.25) is 0 Å². The Morgan fingerprint density at radius 2 is 1.37 bits per heavy atom. The van der Waals surface area contributed by atoms with Crippen molar-refractivity contribution in [2.45, 2.75) is 56.8 Å². The first-order chi connectivity index (χ1) is 17.3. The van der Waals surface area contributed by atoms with E-state index >= 15 is 0 Å². The van der Waals surface area contributed by atoms with E-state index in [4.69, 9.17) is 10.1 Å². The van der Waals surface area contributed by atoms with Gasteiger partial charge in [0.15, 0.2) is 0 Å². The van der Waals surface area contributed by atoms with Crippen LogP contribution in [0, 0.1) is 17.2 Å². The second-order valence-electron chi connectivity index (χ2n) is 10.4. The third-order valence-corrected chi connectivity index (χ3v) is 8.40. The largest absolute Gasteiger partial charge is 0.373 e. The van der Waals surface area contributed by atoms with E-state index in [1.807, 2.05) is 6.21 Å². The molecule has 1 aliphatic carbocycles. The molecule has 2 aliphatic rings. The number of hydrogen-bond donors (Lipinski definition) is 1. The van der Waals surface area contributed by atoms with Gasteiger partial charge in [0.25, 0.3) is 0 Å². The SMILES string of the molecule is N=CC(c1ccccc1)(C1CCN(Cc2ccccc2)CC1)C1CCCC1OCc1ccccc1. The highest BCUT2D eigenvalue weighted by Crippen LogP contribution is 2.50. The molecule has 0 spiro atoms. The van der Waals surface area contributed by atoms with Crippen molar-refractivity contribution in [2.75, 3.05) is 13.1 Å². The summed E-state index contributed by atoms with van der Waals surface area (Å²) in [5.74, 6) is 0.803. The normalized spacial score (nSPS) is 23.1. The Morgan fingerprint density at radius 3 is 2.00 bits per heavy atom. The second kappa shape index (κ2) is 11.3. The molecule has 3 atom stereocenters. The number of hydrogen-bond acceptors (Lipinski definition) is 3. The van der Waals surface area contributed by atoms with Crippen molar-refractivity contribution in [3.05, 3.63) is 108 Å². The summed E-state index contributed by atoms with van der Waals surface area (Å²) in [6.07, 6.45) is 7.66. The lowest BCUT2D eigenvalue weighted by Gasteiger charge is -2.48. The standard InChI is InChI=1S/C32H38N2O/c33-25-32(28-15-8-3-9-16-28,29-19-21-34(22-20-29)23-26-11-4-1-5-12-26)30-17-10-18-31(30)35-24-27-13-6-2-7-14-27/h1-9,11-16,25,29-31,33H,10,17-24H2. The van der Waals surface area contributed by atoms with Crippen LogP contribution < -0.4 is 0 Å². The Hall–Kier alpha value is -2.75. The lowest BCUT2D eigenvalue weighted by molar-refractivity contribution is -0.0133. The molecule has 3 aromatic carbocycles. The van der Waals surface area contributed by atoms with Gasteiger partial charge in [0, 0.05) is 18.2 Å². The van der Waals surface area contributed by atoms with Gasteiger partial charge in [0.1, 0.15) is 0 Å². The van der Waals surface area contributed by atoms with Gasteiger partial charge >= 0.3 is 0 Å². The smallest absolute Gasteiger partial charge is 0.0720 e. The molecule has 1 aliphatic heterocycles. The summed E-state index contributed by atoms with van der Waals surface area (Å²) in [5.41, 5.74) is 3.65. The van der Waals surface area contributed by atoms with Crippen LogP contribution in [0.5, 0.6) is 0 Å². The highest BCUT2D eigenvalue weighted by molar-refractivity contribution is 5.72. The van der Waals surface area contributed by atoms with Crippen LogP contribution in [0.4, 0.5) is 0 Å². The number of ether oxygens (including phenoxy) is 1. The van der Waals surface area contributed by atoms with E-state index in [0.29, 0.717) is 18.4 Å². The third kappa shape index (κ3) is 5.27. The number of nitrogens with one attached hydrogen (secondary N) is 1. The molecule has 1 heterocycles. The molecule has 1 saturated heterocycles. The van der Waals surface area contributed by atoms with Crippen LogP contribution in [-0.2, 0) is 23.3 Å². The minimum Gasteiger partial charge on any atom is -0.373 e. The number of piperidine rings is 1. The Morgan fingerprint density at radius 1 is 0.771 bits per heavy atom. The first-order valence-corrected chi connectivity index (χ1v) is 13.3. The van der Waals surface area contributed by atoms with Crippen LogP contribution in [-0.4, -0.2) is 30.3 Å². The van der Waals surface area contributed by atoms with Crippen molar-refractivity contribution >= 4 is 6.21 Å². The maximum Gasteiger partial charge on any atom is 0.0720 e. The molecule has 0 radical (unpaired) electrons. The van der Waals surface area contributed by atoms with Gasteiger partial charge in [0.2, 0.25) is 0 Å². The summed E-state index contributed by atoms with van der Waals surface area (Å²) in [5, 5.41) is 8.87. The van der Waals surface area contributed by atoms with Gasteiger partial charge < -0.3 is 10.1 Å². The van der Waals surface area contributed by atoms with Gasteiger partial charge in [-0.25, -0.2) is 0 Å². The molecule has 182 valence electrons. The summed E-state index contributed by atoms with van der Waals surface area (Å²) in [7, 11) is 0. The Labute approximate surface area is 210 Å². The molecule has 3 unspecified atom stereocenters. The number of benzene rings is 3. The van der Waals surface area contributed by atoms with Crippen molar-refractivity contribution in [1.29, 1.82) is 5.41 Å². The van der Waals surface area contributed by atoms with E-state index in [1.54, 1.807) is 0 Å². The van der Waals surface area contributed by atoms with Crippen LogP contribution >= 0.6 is 0 Å². The van der Waals surface area contributed by atoms with Crippen molar-refractivity contribution in [3.63, 3.8) is 0 Å². The van der Waals surface area contributed by atoms with Crippen molar-refractivity contribution < 1.29 is 4.74 Å². The summed E-state index contributed by atoms with van der Waals surface area (Å²) >= 11 is 0. The maximum absolute atomic E-state index is 8.87. The van der Waals surface area contributed by atoms with Gasteiger partial charge in [-0.15, -0.1) is 0 Å². The summed E-state index contributed by atoms with van der Waals surface area (Å²) in [6.45, 7) is 3.84. The molecule has 0 amide bonds. The van der Waals surface area contributed by atoms with E-state index in [9.17, 15) is 0 Å². The fraction of sp³-hybridized carbons (Fsp3) is 0.406. The average Bonchev–Trinajstić information content (AvgIpc) is 3.40. The van der Waals surface area contributed by atoms with Crippen molar-refractivity contribution in [2.24, 2.45) is 11.8 Å². The highest BCUT2D eigenvalue weighted by atomic mass is 16.5. The minimum atomic E-state index is -0.266. The molecular weight excluding hydrogens is 428 g/mol. The maximum atomic E-state index is 8.87. The van der Waals surface area contributed by atoms with Crippen molar-refractivity contribution in [3.8, 4) is 0 Å². The zero-order valence-electron chi connectivity index (χ0n) is 20.7. The number of nitrogens with zero attached hydrogens (tertiary/aromatic N) is 1. The average molecular weight is 467 g/mol. The summed E-state index contributed by atoms with van der Waals surface area (Å²) < 4.78 is 6.61. The van der Waals surface area contributed by atoms with Gasteiger partial charge in [-0.05, 0) is 67.3 Å². The minimum absolute atomic E-state index is 0.194. The lowest BCUT2D eigenvalue weighted by atomic mass is 9.59. The predicted molar refractivity (Wildman–Crippen MR) is 144 cm³/mol. The fourth-order valence-electron chi connectivity index (χ4n) is 6.65. The number of rotatable bonds is 9. The zero-order valence-corrected chi connectivity index (χ0v) is 20.7. The molecule has 1 N–H and O–H groups in total. The fourth-order valence-corrected chi connectivity index (χ4v) is 6.65. The molecule has 1 saturated carbocycles. The van der Waals surface area contributed by atoms with Gasteiger partial charge in [0.05, 0.1) is 12.7 Å². The van der Waals surface area contributed by atoms with Gasteiger partial charge in [-0.2, -0.15) is 0 Å². The molecular formula is C32H38N2O. The van der Waals surface area contributed by atoms with E-state index < -0.39 is 0 Å². The first-order valence-electron chi connectivity index (χ1n) is 13.3. The topological polar surface area (TPSA) is 36.3 Å². The molecule has 3 heteroatoms. The molecule has 35 heavy (non-hydrogen) atoms. The van der Waals surface area contributed by atoms with Gasteiger partial charge in [-0.3, -0.25) is 4.90 Å². The molecule has 0 aromatic heterocycles. The van der Waals surface area contributed by atoms with Crippen LogP contribution in [0.15, 0.2) is 91.0 Å². The Kier molecular flexibility index (Phi) is 7.75. The Bertz CT molecular complexity index is 1050. The zero-order chi connectivity index (χ0) is 23.9. The van der Waals surface area contributed by atoms with E-state index in [2.05, 4.69) is 95.9 Å². The molecule has 3 aromatic rings. The molecule has 0 bridgehead atoms. The number of likely N-dealkylation sites (tertiary alicyclic amines) is 1. The monoisotopic (exact) mass is 466 g/mol. The van der Waals surface area contributed by atoms with Crippen molar-refractivity contribution in [1.82, 2.24) is 4.90 Å². The summed E-state index contributed by atoms with van der Waals surface area (Å²) in [4.78, 5) is 2.59. The second-order valence-corrected chi connectivity index (χ2v) is 10.4. The summed E-state index contributed by atoms with van der Waals surface area (Å²) in [6, 6.07) is 32.2. The van der Waals surface area contributed by atoms with E-state index in [1.165, 1.54) is 23.1 Å². The third-order valence-electron chi connectivity index (χ3n) is 8.40. The highest BCUT2D eigenvalue weighted by Gasteiger charge is 2.50. The van der Waals surface area contributed by atoms with Crippen LogP contribution in [0.1, 0.15) is 48.8 Å². The Balaban J connectivity index is 1.36. The van der Waals surface area contributed by atoms with Gasteiger partial charge in [-0.1, -0.05) is 97.4 Å². The van der Waals surface area contributed by atoms with Crippen LogP contribution in [0.25, 0.3) is 0 Å². The lowest BCUT2D eigenvalue weighted by Crippen LogP contribution is -2.51. The van der Waals surface area contributed by atoms with E-state index in [-0.39, 0.29) is 11.5 Å². The molecule has 5 rings (SSSR count). The quantitative estimate of drug-likeness (QED) is 0.349.